The first-order valence-corrected chi connectivity index (χ1v) is 9.66. The number of carbonyl (C=O) groups is 1. The first-order chi connectivity index (χ1) is 14.8. The molecule has 9 heteroatoms. The zero-order valence-corrected chi connectivity index (χ0v) is 17.0. The second-order valence-corrected chi connectivity index (χ2v) is 7.39. The van der Waals surface area contributed by atoms with Gasteiger partial charge in [0.2, 0.25) is 0 Å². The molecule has 4 rings (SSSR count). The quantitative estimate of drug-likeness (QED) is 0.628. The van der Waals surface area contributed by atoms with Crippen LogP contribution in [0.2, 0.25) is 0 Å². The van der Waals surface area contributed by atoms with E-state index in [9.17, 15) is 18.0 Å². The molecule has 1 aromatic carbocycles. The van der Waals surface area contributed by atoms with Crippen molar-refractivity contribution in [2.75, 3.05) is 20.1 Å². The Kier molecular flexibility index (Phi) is 5.26. The van der Waals surface area contributed by atoms with Crippen LogP contribution in [0.4, 0.5) is 13.2 Å². The third-order valence-electron chi connectivity index (χ3n) is 5.33. The number of carbonyl (C=O) groups excluding carboxylic acids is 1. The molecule has 0 spiro atoms. The number of amides is 1. The number of imidazole rings is 1. The molecule has 2 aromatic heterocycles. The predicted octanol–water partition coefficient (Wildman–Crippen LogP) is 3.56. The third kappa shape index (κ3) is 3.67. The topological polar surface area (TPSA) is 73.5 Å². The molecule has 1 aliphatic rings. The predicted molar refractivity (Wildman–Crippen MR) is 110 cm³/mol. The van der Waals surface area contributed by atoms with Crippen molar-refractivity contribution in [3.63, 3.8) is 0 Å². The minimum Gasteiger partial charge on any atom is -0.387 e. The van der Waals surface area contributed by atoms with Crippen molar-refractivity contribution in [2.24, 2.45) is 0 Å². The molecule has 0 bridgehead atoms. The van der Waals surface area contributed by atoms with E-state index in [2.05, 4.69) is 10.3 Å². The summed E-state index contributed by atoms with van der Waals surface area (Å²) in [5, 5.41) is 11.3. The van der Waals surface area contributed by atoms with Crippen molar-refractivity contribution in [1.82, 2.24) is 19.6 Å². The number of rotatable bonds is 3. The van der Waals surface area contributed by atoms with Gasteiger partial charge in [0.25, 0.3) is 5.91 Å². The van der Waals surface area contributed by atoms with Gasteiger partial charge in [0.05, 0.1) is 18.5 Å². The van der Waals surface area contributed by atoms with Crippen LogP contribution < -0.4 is 5.32 Å². The summed E-state index contributed by atoms with van der Waals surface area (Å²) in [5.41, 5.74) is 3.13. The van der Waals surface area contributed by atoms with Crippen molar-refractivity contribution in [3.8, 4) is 0 Å². The summed E-state index contributed by atoms with van der Waals surface area (Å²) >= 11 is 0. The van der Waals surface area contributed by atoms with Gasteiger partial charge < -0.3 is 15.6 Å². The van der Waals surface area contributed by atoms with Crippen molar-refractivity contribution in [2.45, 2.75) is 13.3 Å². The number of nitrogens with one attached hydrogen (secondary N) is 2. The van der Waals surface area contributed by atoms with Gasteiger partial charge in [-0.2, -0.15) is 0 Å². The van der Waals surface area contributed by atoms with E-state index < -0.39 is 17.5 Å². The van der Waals surface area contributed by atoms with Gasteiger partial charge in [-0.1, -0.05) is 6.07 Å². The fourth-order valence-electron chi connectivity index (χ4n) is 3.79. The second kappa shape index (κ2) is 7.90. The van der Waals surface area contributed by atoms with E-state index in [0.717, 1.165) is 17.7 Å². The molecule has 1 amide bonds. The van der Waals surface area contributed by atoms with Gasteiger partial charge in [0.1, 0.15) is 11.3 Å². The lowest BCUT2D eigenvalue weighted by Crippen LogP contribution is -2.42. The Bertz CT molecular complexity index is 1220. The summed E-state index contributed by atoms with van der Waals surface area (Å²) < 4.78 is 42.4. The highest BCUT2D eigenvalue weighted by atomic mass is 19.2. The van der Waals surface area contributed by atoms with Gasteiger partial charge in [-0.05, 0) is 37.1 Å². The molecule has 2 N–H and O–H groups in total. The number of hydrogen-bond acceptors (Lipinski definition) is 4. The average molecular weight is 427 g/mol. The Balaban J connectivity index is 1.62. The molecular formula is C22H20F3N5O. The number of piperidine rings is 1. The van der Waals surface area contributed by atoms with Crippen LogP contribution in [0.15, 0.2) is 42.2 Å². The summed E-state index contributed by atoms with van der Waals surface area (Å²) in [7, 11) is 1.56. The van der Waals surface area contributed by atoms with Crippen LogP contribution >= 0.6 is 0 Å². The largest absolute Gasteiger partial charge is 0.387 e. The summed E-state index contributed by atoms with van der Waals surface area (Å²) in [6.07, 6.45) is 3.64. The van der Waals surface area contributed by atoms with E-state index in [0.29, 0.717) is 35.6 Å². The Hall–Kier alpha value is -3.62. The Morgan fingerprint density at radius 1 is 1.19 bits per heavy atom. The van der Waals surface area contributed by atoms with Crippen LogP contribution in [0.3, 0.4) is 0 Å². The SMILES string of the molecule is CN/C(=C1/CCN(C(=O)c2cnc3ccc(C)cn23)CC1=N)c1cc(F)c(F)c(F)c1. The molecule has 0 unspecified atom stereocenters. The summed E-state index contributed by atoms with van der Waals surface area (Å²) in [4.78, 5) is 18.9. The van der Waals surface area contributed by atoms with Crippen LogP contribution in [0.5, 0.6) is 0 Å². The maximum absolute atomic E-state index is 13.7. The maximum Gasteiger partial charge on any atom is 0.272 e. The normalized spacial score (nSPS) is 16.0. The Morgan fingerprint density at radius 3 is 2.55 bits per heavy atom. The molecule has 3 aromatic rings. The van der Waals surface area contributed by atoms with Crippen LogP contribution in [0, 0.1) is 29.8 Å². The van der Waals surface area contributed by atoms with Crippen LogP contribution in [0.25, 0.3) is 11.3 Å². The minimum atomic E-state index is -1.54. The number of nitrogens with zero attached hydrogens (tertiary/aromatic N) is 3. The lowest BCUT2D eigenvalue weighted by molar-refractivity contribution is 0.0769. The van der Waals surface area contributed by atoms with Crippen molar-refractivity contribution in [3.05, 3.63) is 76.5 Å². The molecule has 0 saturated carbocycles. The van der Waals surface area contributed by atoms with E-state index in [1.165, 1.54) is 11.1 Å². The van der Waals surface area contributed by atoms with Crippen molar-refractivity contribution in [1.29, 1.82) is 5.41 Å². The smallest absolute Gasteiger partial charge is 0.272 e. The van der Waals surface area contributed by atoms with Gasteiger partial charge in [0, 0.05) is 36.6 Å². The molecule has 0 radical (unpaired) electrons. The first-order valence-electron chi connectivity index (χ1n) is 9.66. The van der Waals surface area contributed by atoms with E-state index >= 15 is 0 Å². The molecule has 1 aliphatic heterocycles. The minimum absolute atomic E-state index is 0.0323. The van der Waals surface area contributed by atoms with Crippen molar-refractivity contribution >= 4 is 23.0 Å². The summed E-state index contributed by atoms with van der Waals surface area (Å²) in [5.74, 6) is -4.40. The fraction of sp³-hybridized carbons (Fsp3) is 0.227. The first kappa shape index (κ1) is 20.6. The molecule has 31 heavy (non-hydrogen) atoms. The number of likely N-dealkylation sites (tertiary alicyclic amines) is 1. The molecule has 0 atom stereocenters. The van der Waals surface area contributed by atoms with E-state index in [-0.39, 0.29) is 23.7 Å². The van der Waals surface area contributed by atoms with Gasteiger partial charge in [0.15, 0.2) is 17.5 Å². The number of halogens is 3. The third-order valence-corrected chi connectivity index (χ3v) is 5.33. The highest BCUT2D eigenvalue weighted by Gasteiger charge is 2.28. The van der Waals surface area contributed by atoms with Crippen LogP contribution in [-0.4, -0.2) is 46.0 Å². The summed E-state index contributed by atoms with van der Waals surface area (Å²) in [6.45, 7) is 2.26. The van der Waals surface area contributed by atoms with Crippen molar-refractivity contribution < 1.29 is 18.0 Å². The lowest BCUT2D eigenvalue weighted by Gasteiger charge is -2.30. The number of benzene rings is 1. The number of fused-ring (bicyclic) bond motifs is 1. The molecule has 0 aliphatic carbocycles. The van der Waals surface area contributed by atoms with Gasteiger partial charge >= 0.3 is 0 Å². The van der Waals surface area contributed by atoms with Gasteiger partial charge in [-0.25, -0.2) is 18.2 Å². The molecule has 1 saturated heterocycles. The summed E-state index contributed by atoms with van der Waals surface area (Å²) in [6, 6.07) is 5.52. The van der Waals surface area contributed by atoms with Gasteiger partial charge in [-0.15, -0.1) is 0 Å². The molecule has 6 nitrogen and oxygen atoms in total. The standard InChI is InChI=1S/C22H20F3N5O/c1-12-3-4-19-28-9-18(30(19)10-12)22(31)29-6-5-14(17(26)11-29)21(27-2)13-7-15(23)20(25)16(24)8-13/h3-4,7-10,26-27H,5-6,11H2,1-2H3/b21-14-,26-17?. The van der Waals surface area contributed by atoms with E-state index in [1.54, 1.807) is 11.4 Å². The molecular weight excluding hydrogens is 407 g/mol. The Labute approximate surface area is 176 Å². The molecule has 1 fully saturated rings. The van der Waals surface area contributed by atoms with E-state index in [1.807, 2.05) is 25.3 Å². The van der Waals surface area contributed by atoms with E-state index in [4.69, 9.17) is 5.41 Å². The number of pyridine rings is 1. The van der Waals surface area contributed by atoms with Crippen LogP contribution in [-0.2, 0) is 0 Å². The van der Waals surface area contributed by atoms with Gasteiger partial charge in [-0.3, -0.25) is 9.20 Å². The molecule has 3 heterocycles. The zero-order valence-electron chi connectivity index (χ0n) is 17.0. The van der Waals surface area contributed by atoms with Crippen LogP contribution in [0.1, 0.15) is 28.0 Å². The number of aromatic nitrogens is 2. The molecule has 160 valence electrons. The highest BCUT2D eigenvalue weighted by molar-refractivity contribution is 6.08. The number of aryl methyl sites for hydroxylation is 1. The zero-order chi connectivity index (χ0) is 22.3. The average Bonchev–Trinajstić information content (AvgIpc) is 3.16. The monoisotopic (exact) mass is 427 g/mol. The number of hydrogen-bond donors (Lipinski definition) is 2. The Morgan fingerprint density at radius 2 is 1.90 bits per heavy atom. The maximum atomic E-state index is 13.7. The lowest BCUT2D eigenvalue weighted by atomic mass is 9.95. The fourth-order valence-corrected chi connectivity index (χ4v) is 3.79. The highest BCUT2D eigenvalue weighted by Crippen LogP contribution is 2.26. The second-order valence-electron chi connectivity index (χ2n) is 7.39.